The van der Waals surface area contributed by atoms with Crippen LogP contribution < -0.4 is 10.6 Å². The van der Waals surface area contributed by atoms with Gasteiger partial charge in [0.15, 0.2) is 0 Å². The highest BCUT2D eigenvalue weighted by atomic mass is 16.6. The summed E-state index contributed by atoms with van der Waals surface area (Å²) in [7, 11) is 0. The molecule has 26 heavy (non-hydrogen) atoms. The van der Waals surface area contributed by atoms with Crippen LogP contribution in [0.5, 0.6) is 0 Å². The standard InChI is InChI=1S/C17H25N5O4/c1-2-26-17(25)22-10-5-13(6-11-22)21-15(23)4-3-7-20-16(24)14-12-18-8-9-19-14/h8-9,12-13H,2-7,10-11H2,1H3,(H,20,24)(H,21,23). The van der Waals surface area contributed by atoms with Gasteiger partial charge in [0.2, 0.25) is 5.91 Å². The fourth-order valence-corrected chi connectivity index (χ4v) is 2.68. The second-order valence-electron chi connectivity index (χ2n) is 5.98. The molecule has 1 fully saturated rings. The summed E-state index contributed by atoms with van der Waals surface area (Å²) in [4.78, 5) is 44.8. The number of aromatic nitrogens is 2. The highest BCUT2D eigenvalue weighted by Gasteiger charge is 2.24. The van der Waals surface area contributed by atoms with Gasteiger partial charge in [0.1, 0.15) is 5.69 Å². The van der Waals surface area contributed by atoms with E-state index in [1.165, 1.54) is 18.6 Å². The first-order valence-corrected chi connectivity index (χ1v) is 8.85. The number of rotatable bonds is 7. The summed E-state index contributed by atoms with van der Waals surface area (Å²) in [5, 5.41) is 5.69. The molecule has 0 spiro atoms. The molecule has 0 atom stereocenters. The average molecular weight is 363 g/mol. The molecule has 0 bridgehead atoms. The van der Waals surface area contributed by atoms with Crippen LogP contribution in [0.2, 0.25) is 0 Å². The third-order valence-electron chi connectivity index (χ3n) is 4.05. The number of hydrogen-bond donors (Lipinski definition) is 2. The number of nitrogens with zero attached hydrogens (tertiary/aromatic N) is 3. The van der Waals surface area contributed by atoms with Crippen LogP contribution in [0.1, 0.15) is 43.1 Å². The van der Waals surface area contributed by atoms with Gasteiger partial charge in [-0.3, -0.25) is 14.6 Å². The van der Waals surface area contributed by atoms with Gasteiger partial charge in [-0.25, -0.2) is 9.78 Å². The van der Waals surface area contributed by atoms with Gasteiger partial charge in [-0.15, -0.1) is 0 Å². The Kier molecular flexibility index (Phi) is 7.78. The normalized spacial score (nSPS) is 14.6. The minimum absolute atomic E-state index is 0.0478. The molecule has 0 saturated carbocycles. The lowest BCUT2D eigenvalue weighted by Gasteiger charge is -2.31. The molecule has 2 heterocycles. The molecular formula is C17H25N5O4. The molecule has 1 aliphatic heterocycles. The summed E-state index contributed by atoms with van der Waals surface area (Å²) in [6.45, 7) is 3.70. The number of nitrogens with one attached hydrogen (secondary N) is 2. The number of hydrogen-bond acceptors (Lipinski definition) is 6. The predicted octanol–water partition coefficient (Wildman–Crippen LogP) is 0.724. The van der Waals surface area contributed by atoms with Crippen molar-refractivity contribution in [2.75, 3.05) is 26.2 Å². The maximum Gasteiger partial charge on any atom is 0.409 e. The van der Waals surface area contributed by atoms with Gasteiger partial charge < -0.3 is 20.3 Å². The highest BCUT2D eigenvalue weighted by molar-refractivity contribution is 5.91. The third-order valence-corrected chi connectivity index (χ3v) is 4.05. The second kappa shape index (κ2) is 10.3. The lowest BCUT2D eigenvalue weighted by molar-refractivity contribution is -0.122. The number of likely N-dealkylation sites (tertiary alicyclic amines) is 1. The van der Waals surface area contributed by atoms with E-state index in [1.54, 1.807) is 11.8 Å². The number of carbonyl (C=O) groups is 3. The Morgan fingerprint density at radius 2 is 2.04 bits per heavy atom. The van der Waals surface area contributed by atoms with E-state index in [4.69, 9.17) is 4.74 Å². The van der Waals surface area contributed by atoms with Crippen molar-refractivity contribution in [3.8, 4) is 0 Å². The summed E-state index contributed by atoms with van der Waals surface area (Å²) >= 11 is 0. The van der Waals surface area contributed by atoms with Crippen molar-refractivity contribution in [2.24, 2.45) is 0 Å². The maximum absolute atomic E-state index is 12.0. The molecule has 1 aromatic heterocycles. The van der Waals surface area contributed by atoms with Crippen LogP contribution in [-0.4, -0.2) is 65.1 Å². The lowest BCUT2D eigenvalue weighted by atomic mass is 10.1. The van der Waals surface area contributed by atoms with Crippen LogP contribution in [0, 0.1) is 0 Å². The van der Waals surface area contributed by atoms with Gasteiger partial charge in [0.25, 0.3) is 5.91 Å². The van der Waals surface area contributed by atoms with Crippen LogP contribution in [0.25, 0.3) is 0 Å². The van der Waals surface area contributed by atoms with E-state index < -0.39 is 0 Å². The Bertz CT molecular complexity index is 602. The molecule has 1 aliphatic rings. The minimum Gasteiger partial charge on any atom is -0.450 e. The number of carbonyl (C=O) groups excluding carboxylic acids is 3. The molecule has 3 amide bonds. The summed E-state index contributed by atoms with van der Waals surface area (Å²) in [5.74, 6) is -0.349. The Hall–Kier alpha value is -2.71. The van der Waals surface area contributed by atoms with E-state index in [0.29, 0.717) is 51.9 Å². The Morgan fingerprint density at radius 3 is 2.69 bits per heavy atom. The van der Waals surface area contributed by atoms with E-state index in [1.807, 2.05) is 0 Å². The number of amides is 3. The van der Waals surface area contributed by atoms with Crippen LogP contribution in [-0.2, 0) is 9.53 Å². The third kappa shape index (κ3) is 6.30. The largest absolute Gasteiger partial charge is 0.450 e. The molecule has 0 unspecified atom stereocenters. The molecule has 2 rings (SSSR count). The summed E-state index contributed by atoms with van der Waals surface area (Å²) in [5.41, 5.74) is 0.255. The van der Waals surface area contributed by atoms with E-state index in [-0.39, 0.29) is 29.6 Å². The molecule has 9 nitrogen and oxygen atoms in total. The predicted molar refractivity (Wildman–Crippen MR) is 93.4 cm³/mol. The first-order valence-electron chi connectivity index (χ1n) is 8.85. The fraction of sp³-hybridized carbons (Fsp3) is 0.588. The summed E-state index contributed by atoms with van der Waals surface area (Å²) < 4.78 is 4.97. The van der Waals surface area contributed by atoms with Crippen molar-refractivity contribution < 1.29 is 19.1 Å². The van der Waals surface area contributed by atoms with Crippen LogP contribution in [0.15, 0.2) is 18.6 Å². The molecule has 1 aromatic rings. The van der Waals surface area contributed by atoms with E-state index >= 15 is 0 Å². The molecule has 2 N–H and O–H groups in total. The smallest absolute Gasteiger partial charge is 0.409 e. The van der Waals surface area contributed by atoms with Crippen molar-refractivity contribution >= 4 is 17.9 Å². The van der Waals surface area contributed by atoms with Gasteiger partial charge in [0, 0.05) is 44.5 Å². The number of piperidine rings is 1. The van der Waals surface area contributed by atoms with E-state index in [0.717, 1.165) is 0 Å². The maximum atomic E-state index is 12.0. The van der Waals surface area contributed by atoms with Gasteiger partial charge >= 0.3 is 6.09 Å². The van der Waals surface area contributed by atoms with Crippen molar-refractivity contribution in [3.05, 3.63) is 24.3 Å². The molecule has 1 saturated heterocycles. The Balaban J connectivity index is 1.58. The molecular weight excluding hydrogens is 338 g/mol. The quantitative estimate of drug-likeness (QED) is 0.690. The van der Waals surface area contributed by atoms with E-state index in [2.05, 4.69) is 20.6 Å². The van der Waals surface area contributed by atoms with Crippen molar-refractivity contribution in [2.45, 2.75) is 38.6 Å². The molecule has 0 aliphatic carbocycles. The monoisotopic (exact) mass is 363 g/mol. The Morgan fingerprint density at radius 1 is 1.27 bits per heavy atom. The van der Waals surface area contributed by atoms with Gasteiger partial charge in [-0.1, -0.05) is 0 Å². The van der Waals surface area contributed by atoms with Gasteiger partial charge in [-0.05, 0) is 26.2 Å². The van der Waals surface area contributed by atoms with E-state index in [9.17, 15) is 14.4 Å². The first kappa shape index (κ1) is 19.6. The van der Waals surface area contributed by atoms with Crippen molar-refractivity contribution in [1.29, 1.82) is 0 Å². The van der Waals surface area contributed by atoms with Crippen molar-refractivity contribution in [3.63, 3.8) is 0 Å². The van der Waals surface area contributed by atoms with Crippen LogP contribution >= 0.6 is 0 Å². The topological polar surface area (TPSA) is 114 Å². The lowest BCUT2D eigenvalue weighted by Crippen LogP contribution is -2.46. The zero-order valence-corrected chi connectivity index (χ0v) is 14.9. The summed E-state index contributed by atoms with van der Waals surface area (Å²) in [6.07, 6.45) is 6.36. The average Bonchev–Trinajstić information content (AvgIpc) is 2.66. The van der Waals surface area contributed by atoms with Gasteiger partial charge in [0.05, 0.1) is 12.8 Å². The fourth-order valence-electron chi connectivity index (χ4n) is 2.68. The summed E-state index contributed by atoms with van der Waals surface area (Å²) in [6, 6.07) is 0.0716. The molecule has 142 valence electrons. The minimum atomic E-state index is -0.301. The SMILES string of the molecule is CCOC(=O)N1CCC(NC(=O)CCCNC(=O)c2cnccn2)CC1. The molecule has 9 heteroatoms. The zero-order chi connectivity index (χ0) is 18.8. The molecule has 0 aromatic carbocycles. The Labute approximate surface area is 152 Å². The van der Waals surface area contributed by atoms with Gasteiger partial charge in [-0.2, -0.15) is 0 Å². The zero-order valence-electron chi connectivity index (χ0n) is 14.9. The first-order chi connectivity index (χ1) is 12.6. The van der Waals surface area contributed by atoms with Crippen LogP contribution in [0.4, 0.5) is 4.79 Å². The van der Waals surface area contributed by atoms with Crippen LogP contribution in [0.3, 0.4) is 0 Å². The second-order valence-corrected chi connectivity index (χ2v) is 5.98. The number of ether oxygens (including phenoxy) is 1. The highest BCUT2D eigenvalue weighted by Crippen LogP contribution is 2.11. The van der Waals surface area contributed by atoms with Crippen molar-refractivity contribution in [1.82, 2.24) is 25.5 Å². The molecule has 0 radical (unpaired) electrons.